The molecule has 2 aliphatic heterocycles. The molecule has 2 amide bonds. The van der Waals surface area contributed by atoms with Gasteiger partial charge in [-0.25, -0.2) is 9.18 Å². The maximum Gasteiger partial charge on any atom is 0.324 e. The number of likely N-dealkylation sites (tertiary alicyclic amines) is 2. The van der Waals surface area contributed by atoms with Crippen LogP contribution in [0.25, 0.3) is 0 Å². The SMILES string of the molecule is Cc1cc(F)ccc1N(CCCN(C)C)C(=O)N1CC2(C1)CN(/C(N)=C/C=C\N)C2. The third-order valence-corrected chi connectivity index (χ3v) is 5.79. The van der Waals surface area contributed by atoms with Crippen LogP contribution in [0.2, 0.25) is 0 Å². The predicted octanol–water partition coefficient (Wildman–Crippen LogP) is 1.90. The summed E-state index contributed by atoms with van der Waals surface area (Å²) in [6, 6.07) is 4.59. The number of hydrogen-bond donors (Lipinski definition) is 2. The standard InChI is InChI=1S/C22H33FN6O/c1-17-12-18(23)7-8-19(17)29(11-5-10-26(2)3)21(30)28-15-22(16-28)13-27(14-22)20(25)6-4-9-24/h4,6-9,12H,5,10-11,13-16,24-25H2,1-3H3/b9-4-,20-6+. The second-order valence-corrected chi connectivity index (χ2v) is 8.71. The monoisotopic (exact) mass is 416 g/mol. The molecule has 0 aromatic heterocycles. The molecule has 164 valence electrons. The van der Waals surface area contributed by atoms with Crippen LogP contribution < -0.4 is 16.4 Å². The van der Waals surface area contributed by atoms with E-state index in [0.717, 1.165) is 37.3 Å². The molecule has 0 bridgehead atoms. The van der Waals surface area contributed by atoms with Crippen molar-refractivity contribution in [2.45, 2.75) is 13.3 Å². The minimum Gasteiger partial charge on any atom is -0.405 e. The van der Waals surface area contributed by atoms with Crippen molar-refractivity contribution in [1.82, 2.24) is 14.7 Å². The zero-order valence-electron chi connectivity index (χ0n) is 18.1. The number of halogens is 1. The van der Waals surface area contributed by atoms with Crippen molar-refractivity contribution < 1.29 is 9.18 Å². The molecule has 8 heteroatoms. The van der Waals surface area contributed by atoms with E-state index in [1.807, 2.05) is 25.9 Å². The number of benzene rings is 1. The predicted molar refractivity (Wildman–Crippen MR) is 118 cm³/mol. The number of nitrogens with two attached hydrogens (primary N) is 2. The minimum atomic E-state index is -0.287. The summed E-state index contributed by atoms with van der Waals surface area (Å²) >= 11 is 0. The summed E-state index contributed by atoms with van der Waals surface area (Å²) < 4.78 is 13.6. The van der Waals surface area contributed by atoms with Gasteiger partial charge in [-0.2, -0.15) is 0 Å². The summed E-state index contributed by atoms with van der Waals surface area (Å²) in [5.74, 6) is 0.406. The first-order valence-corrected chi connectivity index (χ1v) is 10.3. The Kier molecular flexibility index (Phi) is 6.55. The second kappa shape index (κ2) is 8.95. The number of allylic oxidation sites excluding steroid dienone is 2. The lowest BCUT2D eigenvalue weighted by atomic mass is 9.73. The Labute approximate surface area is 178 Å². The highest BCUT2D eigenvalue weighted by molar-refractivity contribution is 5.93. The van der Waals surface area contributed by atoms with Gasteiger partial charge in [-0.05, 0) is 76.1 Å². The molecule has 0 radical (unpaired) electrons. The van der Waals surface area contributed by atoms with Crippen molar-refractivity contribution >= 4 is 11.7 Å². The van der Waals surface area contributed by atoms with Crippen LogP contribution in [0.15, 0.2) is 42.4 Å². The van der Waals surface area contributed by atoms with Crippen LogP contribution in [0.4, 0.5) is 14.9 Å². The van der Waals surface area contributed by atoms with E-state index < -0.39 is 0 Å². The summed E-state index contributed by atoms with van der Waals surface area (Å²) in [5.41, 5.74) is 13.1. The highest BCUT2D eigenvalue weighted by Crippen LogP contribution is 2.41. The van der Waals surface area contributed by atoms with Gasteiger partial charge in [0.2, 0.25) is 0 Å². The molecular weight excluding hydrogens is 383 g/mol. The van der Waals surface area contributed by atoms with Gasteiger partial charge in [0.1, 0.15) is 5.82 Å². The maximum atomic E-state index is 13.6. The fourth-order valence-electron chi connectivity index (χ4n) is 4.26. The number of rotatable bonds is 7. The van der Waals surface area contributed by atoms with Crippen LogP contribution in [-0.4, -0.2) is 74.1 Å². The first-order chi connectivity index (χ1) is 14.2. The van der Waals surface area contributed by atoms with Gasteiger partial charge in [0.15, 0.2) is 0 Å². The zero-order valence-corrected chi connectivity index (χ0v) is 18.1. The second-order valence-electron chi connectivity index (χ2n) is 8.71. The highest BCUT2D eigenvalue weighted by atomic mass is 19.1. The molecule has 2 saturated heterocycles. The maximum absolute atomic E-state index is 13.6. The van der Waals surface area contributed by atoms with Gasteiger partial charge in [-0.3, -0.25) is 4.90 Å². The van der Waals surface area contributed by atoms with E-state index in [2.05, 4.69) is 9.80 Å². The minimum absolute atomic E-state index is 0.0119. The Bertz CT molecular complexity index is 823. The van der Waals surface area contributed by atoms with Crippen molar-refractivity contribution in [3.63, 3.8) is 0 Å². The Morgan fingerprint density at radius 2 is 1.87 bits per heavy atom. The van der Waals surface area contributed by atoms with Gasteiger partial charge in [0.25, 0.3) is 0 Å². The topological polar surface area (TPSA) is 82.1 Å². The lowest BCUT2D eigenvalue weighted by Gasteiger charge is -2.61. The van der Waals surface area contributed by atoms with Crippen molar-refractivity contribution in [3.8, 4) is 0 Å². The number of nitrogens with zero attached hydrogens (tertiary/aromatic N) is 4. The third kappa shape index (κ3) is 4.70. The van der Waals surface area contributed by atoms with Gasteiger partial charge in [0, 0.05) is 43.8 Å². The fraction of sp³-hybridized carbons (Fsp3) is 0.500. The van der Waals surface area contributed by atoms with Crippen LogP contribution in [0.1, 0.15) is 12.0 Å². The lowest BCUT2D eigenvalue weighted by Crippen LogP contribution is -2.74. The number of carbonyl (C=O) groups excluding carboxylic acids is 1. The molecule has 2 aliphatic rings. The van der Waals surface area contributed by atoms with E-state index in [1.54, 1.807) is 23.1 Å². The Morgan fingerprint density at radius 1 is 1.20 bits per heavy atom. The molecule has 0 atom stereocenters. The fourth-order valence-corrected chi connectivity index (χ4v) is 4.26. The summed E-state index contributed by atoms with van der Waals surface area (Å²) in [6.45, 7) is 6.43. The molecule has 1 aromatic carbocycles. The van der Waals surface area contributed by atoms with Gasteiger partial charge in [-0.15, -0.1) is 0 Å². The van der Waals surface area contributed by atoms with E-state index in [-0.39, 0.29) is 17.3 Å². The molecule has 2 fully saturated rings. The van der Waals surface area contributed by atoms with Crippen molar-refractivity contribution in [2.24, 2.45) is 16.9 Å². The smallest absolute Gasteiger partial charge is 0.324 e. The van der Waals surface area contributed by atoms with Gasteiger partial charge >= 0.3 is 6.03 Å². The molecule has 3 rings (SSSR count). The number of carbonyl (C=O) groups is 1. The van der Waals surface area contributed by atoms with E-state index in [9.17, 15) is 9.18 Å². The summed E-state index contributed by atoms with van der Waals surface area (Å²) in [5, 5.41) is 0. The first kappa shape index (κ1) is 22.0. The van der Waals surface area contributed by atoms with Crippen molar-refractivity contribution in [2.75, 3.05) is 58.3 Å². The molecule has 0 unspecified atom stereocenters. The number of amides is 2. The van der Waals surface area contributed by atoms with Crippen molar-refractivity contribution in [1.29, 1.82) is 0 Å². The zero-order chi connectivity index (χ0) is 21.9. The lowest BCUT2D eigenvalue weighted by molar-refractivity contribution is -0.0782. The normalized spacial score (nSPS) is 18.1. The first-order valence-electron chi connectivity index (χ1n) is 10.3. The number of urea groups is 1. The summed E-state index contributed by atoms with van der Waals surface area (Å²) in [7, 11) is 4.03. The molecule has 7 nitrogen and oxygen atoms in total. The average Bonchev–Trinajstić information content (AvgIpc) is 2.61. The van der Waals surface area contributed by atoms with E-state index >= 15 is 0 Å². The van der Waals surface area contributed by atoms with E-state index in [1.165, 1.54) is 18.3 Å². The molecule has 4 N–H and O–H groups in total. The summed E-state index contributed by atoms with van der Waals surface area (Å²) in [6.07, 6.45) is 5.80. The molecular formula is C22H33FN6O. The van der Waals surface area contributed by atoms with Crippen LogP contribution in [0, 0.1) is 18.2 Å². The molecule has 2 heterocycles. The van der Waals surface area contributed by atoms with Crippen LogP contribution in [0.5, 0.6) is 0 Å². The van der Waals surface area contributed by atoms with Gasteiger partial charge < -0.3 is 26.2 Å². The van der Waals surface area contributed by atoms with E-state index in [4.69, 9.17) is 11.5 Å². The molecule has 1 aromatic rings. The van der Waals surface area contributed by atoms with Gasteiger partial charge in [0.05, 0.1) is 5.82 Å². The third-order valence-electron chi connectivity index (χ3n) is 5.79. The molecule has 0 saturated carbocycles. The van der Waals surface area contributed by atoms with Crippen LogP contribution in [-0.2, 0) is 0 Å². The Morgan fingerprint density at radius 3 is 2.47 bits per heavy atom. The Balaban J connectivity index is 1.63. The quantitative estimate of drug-likeness (QED) is 0.664. The molecule has 1 spiro atoms. The highest BCUT2D eigenvalue weighted by Gasteiger charge is 2.54. The summed E-state index contributed by atoms with van der Waals surface area (Å²) in [4.78, 5) is 21.2. The number of aryl methyl sites for hydroxylation is 1. The average molecular weight is 417 g/mol. The van der Waals surface area contributed by atoms with Crippen LogP contribution in [0.3, 0.4) is 0 Å². The largest absolute Gasteiger partial charge is 0.405 e. The molecule has 30 heavy (non-hydrogen) atoms. The van der Waals surface area contributed by atoms with Gasteiger partial charge in [-0.1, -0.05) is 0 Å². The van der Waals surface area contributed by atoms with Crippen molar-refractivity contribution in [3.05, 3.63) is 53.8 Å². The van der Waals surface area contributed by atoms with E-state index in [0.29, 0.717) is 25.5 Å². The molecule has 0 aliphatic carbocycles. The number of hydrogen-bond acceptors (Lipinski definition) is 5. The Hall–Kier alpha value is -2.74. The number of anilines is 1. The van der Waals surface area contributed by atoms with Crippen LogP contribution >= 0.6 is 0 Å².